The van der Waals surface area contributed by atoms with Crippen LogP contribution in [0.15, 0.2) is 0 Å². The predicted octanol–water partition coefficient (Wildman–Crippen LogP) is 1.43. The van der Waals surface area contributed by atoms with Gasteiger partial charge >= 0.3 is 0 Å². The van der Waals surface area contributed by atoms with E-state index in [1.165, 1.54) is 0 Å². The number of halogens is 1. The lowest BCUT2D eigenvalue weighted by Crippen LogP contribution is -2.35. The van der Waals surface area contributed by atoms with Crippen LogP contribution >= 0.6 is 22.6 Å². The van der Waals surface area contributed by atoms with Gasteiger partial charge in [0.1, 0.15) is 0 Å². The lowest BCUT2D eigenvalue weighted by Gasteiger charge is -2.18. The Balaban J connectivity index is 2.99. The SMILES string of the molecule is COCCOCCOCCNC(C)(C)I. The molecule has 0 atom stereocenters. The summed E-state index contributed by atoms with van der Waals surface area (Å²) in [5.41, 5.74) is 0. The van der Waals surface area contributed by atoms with Crippen LogP contribution in [0.2, 0.25) is 0 Å². The zero-order chi connectivity index (χ0) is 11.6. The van der Waals surface area contributed by atoms with Gasteiger partial charge < -0.3 is 19.5 Å². The summed E-state index contributed by atoms with van der Waals surface area (Å²) in [6.45, 7) is 8.41. The predicted molar refractivity (Wildman–Crippen MR) is 69.6 cm³/mol. The van der Waals surface area contributed by atoms with Crippen LogP contribution in [0.25, 0.3) is 0 Å². The van der Waals surface area contributed by atoms with Crippen molar-refractivity contribution in [1.29, 1.82) is 0 Å². The second-order valence-corrected chi connectivity index (χ2v) is 6.31. The van der Waals surface area contributed by atoms with E-state index in [4.69, 9.17) is 14.2 Å². The summed E-state index contributed by atoms with van der Waals surface area (Å²) < 4.78 is 15.6. The molecule has 0 spiro atoms. The third-order valence-electron chi connectivity index (χ3n) is 1.60. The average molecular weight is 331 g/mol. The van der Waals surface area contributed by atoms with Gasteiger partial charge in [-0.2, -0.15) is 0 Å². The topological polar surface area (TPSA) is 39.7 Å². The summed E-state index contributed by atoms with van der Waals surface area (Å²) in [7, 11) is 1.66. The van der Waals surface area contributed by atoms with Crippen molar-refractivity contribution in [3.05, 3.63) is 0 Å². The Kier molecular flexibility index (Phi) is 10.1. The Bertz CT molecular complexity index is 139. The van der Waals surface area contributed by atoms with Crippen molar-refractivity contribution in [2.75, 3.05) is 46.7 Å². The van der Waals surface area contributed by atoms with Crippen LogP contribution in [0.1, 0.15) is 13.8 Å². The number of nitrogens with one attached hydrogen (secondary N) is 1. The van der Waals surface area contributed by atoms with E-state index in [9.17, 15) is 0 Å². The van der Waals surface area contributed by atoms with Gasteiger partial charge in [0, 0.05) is 13.7 Å². The molecule has 0 heterocycles. The number of rotatable bonds is 10. The molecule has 0 fully saturated rings. The van der Waals surface area contributed by atoms with Crippen molar-refractivity contribution < 1.29 is 14.2 Å². The molecule has 0 saturated carbocycles. The minimum absolute atomic E-state index is 0.135. The van der Waals surface area contributed by atoms with Crippen molar-refractivity contribution in [1.82, 2.24) is 5.32 Å². The number of methoxy groups -OCH3 is 1. The number of hydrogen-bond acceptors (Lipinski definition) is 4. The van der Waals surface area contributed by atoms with Gasteiger partial charge in [-0.25, -0.2) is 0 Å². The van der Waals surface area contributed by atoms with E-state index < -0.39 is 0 Å². The molecule has 1 N–H and O–H groups in total. The first kappa shape index (κ1) is 15.6. The van der Waals surface area contributed by atoms with Crippen LogP contribution in [-0.4, -0.2) is 50.2 Å². The largest absolute Gasteiger partial charge is 0.382 e. The van der Waals surface area contributed by atoms with Crippen LogP contribution in [0.3, 0.4) is 0 Å². The molecule has 0 aliphatic carbocycles. The molecule has 0 unspecified atom stereocenters. The molecule has 0 aromatic carbocycles. The van der Waals surface area contributed by atoms with Crippen LogP contribution in [0, 0.1) is 0 Å². The fourth-order valence-electron chi connectivity index (χ4n) is 0.885. The lowest BCUT2D eigenvalue weighted by atomic mass is 10.4. The summed E-state index contributed by atoms with van der Waals surface area (Å²) in [6.07, 6.45) is 0. The summed E-state index contributed by atoms with van der Waals surface area (Å²) >= 11 is 2.35. The van der Waals surface area contributed by atoms with E-state index >= 15 is 0 Å². The number of hydrogen-bond donors (Lipinski definition) is 1. The van der Waals surface area contributed by atoms with Gasteiger partial charge in [-0.1, -0.05) is 22.6 Å². The maximum absolute atomic E-state index is 5.38. The van der Waals surface area contributed by atoms with Gasteiger partial charge in [0.15, 0.2) is 0 Å². The molecule has 15 heavy (non-hydrogen) atoms. The first-order valence-corrected chi connectivity index (χ1v) is 6.22. The zero-order valence-corrected chi connectivity index (χ0v) is 12.0. The van der Waals surface area contributed by atoms with E-state index in [-0.39, 0.29) is 3.55 Å². The van der Waals surface area contributed by atoms with Crippen LogP contribution < -0.4 is 5.32 Å². The third kappa shape index (κ3) is 14.6. The van der Waals surface area contributed by atoms with Gasteiger partial charge in [0.2, 0.25) is 0 Å². The monoisotopic (exact) mass is 331 g/mol. The van der Waals surface area contributed by atoms with Gasteiger partial charge in [-0.15, -0.1) is 0 Å². The Morgan fingerprint density at radius 2 is 1.53 bits per heavy atom. The smallest absolute Gasteiger partial charge is 0.0701 e. The molecule has 4 nitrogen and oxygen atoms in total. The molecule has 0 saturated heterocycles. The third-order valence-corrected chi connectivity index (χ3v) is 1.98. The number of ether oxygens (including phenoxy) is 3. The van der Waals surface area contributed by atoms with E-state index in [1.54, 1.807) is 7.11 Å². The molecule has 0 aromatic rings. The van der Waals surface area contributed by atoms with E-state index in [2.05, 4.69) is 41.8 Å². The van der Waals surface area contributed by atoms with Crippen molar-refractivity contribution in [3.8, 4) is 0 Å². The first-order chi connectivity index (χ1) is 7.06. The quantitative estimate of drug-likeness (QED) is 0.285. The summed E-state index contributed by atoms with van der Waals surface area (Å²) in [4.78, 5) is 0. The zero-order valence-electron chi connectivity index (χ0n) is 9.85. The lowest BCUT2D eigenvalue weighted by molar-refractivity contribution is 0.0253. The second-order valence-electron chi connectivity index (χ2n) is 3.62. The molecule has 0 bridgehead atoms. The normalized spacial score (nSPS) is 12.0. The van der Waals surface area contributed by atoms with Gasteiger partial charge in [0.05, 0.1) is 36.6 Å². The van der Waals surface area contributed by atoms with Crippen LogP contribution in [0.5, 0.6) is 0 Å². The molecule has 0 radical (unpaired) electrons. The highest BCUT2D eigenvalue weighted by atomic mass is 127. The minimum Gasteiger partial charge on any atom is -0.382 e. The summed E-state index contributed by atoms with van der Waals surface area (Å²) in [5.74, 6) is 0. The highest BCUT2D eigenvalue weighted by Gasteiger charge is 2.09. The summed E-state index contributed by atoms with van der Waals surface area (Å²) in [6, 6.07) is 0. The molecule has 0 aromatic heterocycles. The van der Waals surface area contributed by atoms with Crippen molar-refractivity contribution in [2.45, 2.75) is 17.4 Å². The van der Waals surface area contributed by atoms with Gasteiger partial charge in [0.25, 0.3) is 0 Å². The van der Waals surface area contributed by atoms with E-state index in [0.717, 1.165) is 13.2 Å². The maximum Gasteiger partial charge on any atom is 0.0701 e. The van der Waals surface area contributed by atoms with Crippen molar-refractivity contribution in [2.24, 2.45) is 0 Å². The molecular weight excluding hydrogens is 309 g/mol. The second kappa shape index (κ2) is 9.77. The maximum atomic E-state index is 5.38. The molecule has 0 amide bonds. The molecule has 0 aliphatic rings. The highest BCUT2D eigenvalue weighted by molar-refractivity contribution is 14.1. The fourth-order valence-corrected chi connectivity index (χ4v) is 1.15. The van der Waals surface area contributed by atoms with E-state index in [1.807, 2.05) is 0 Å². The molecule has 5 heteroatoms. The Hall–Kier alpha value is 0.570. The Labute approximate surface area is 106 Å². The number of alkyl halides is 1. The van der Waals surface area contributed by atoms with Crippen LogP contribution in [0.4, 0.5) is 0 Å². The van der Waals surface area contributed by atoms with Crippen LogP contribution in [-0.2, 0) is 14.2 Å². The van der Waals surface area contributed by atoms with Gasteiger partial charge in [-0.3, -0.25) is 0 Å². The highest BCUT2D eigenvalue weighted by Crippen LogP contribution is 2.10. The average Bonchev–Trinajstić information content (AvgIpc) is 2.14. The summed E-state index contributed by atoms with van der Waals surface area (Å²) in [5, 5.41) is 3.33. The molecule has 0 aliphatic heterocycles. The molecular formula is C10H22INO3. The minimum atomic E-state index is 0.135. The van der Waals surface area contributed by atoms with Crippen molar-refractivity contribution in [3.63, 3.8) is 0 Å². The molecule has 92 valence electrons. The first-order valence-electron chi connectivity index (χ1n) is 5.14. The molecule has 0 rings (SSSR count). The van der Waals surface area contributed by atoms with Crippen molar-refractivity contribution >= 4 is 22.6 Å². The Morgan fingerprint density at radius 1 is 1.00 bits per heavy atom. The van der Waals surface area contributed by atoms with E-state index in [0.29, 0.717) is 26.4 Å². The standard InChI is InChI=1S/C10H22INO3/c1-10(2,11)12-4-5-14-8-9-15-7-6-13-3/h12H,4-9H2,1-3H3. The van der Waals surface area contributed by atoms with Gasteiger partial charge in [-0.05, 0) is 13.8 Å². The fraction of sp³-hybridized carbons (Fsp3) is 1.00. The Morgan fingerprint density at radius 3 is 2.07 bits per heavy atom.